The van der Waals surface area contributed by atoms with Crippen molar-refractivity contribution in [2.75, 3.05) is 6.54 Å². The lowest BCUT2D eigenvalue weighted by Crippen LogP contribution is -2.38. The van der Waals surface area contributed by atoms with Crippen LogP contribution in [0.1, 0.15) is 31.9 Å². The van der Waals surface area contributed by atoms with Crippen molar-refractivity contribution < 1.29 is 19.1 Å². The molecule has 0 aliphatic heterocycles. The summed E-state index contributed by atoms with van der Waals surface area (Å²) in [7, 11) is 0. The van der Waals surface area contributed by atoms with Crippen LogP contribution in [0.15, 0.2) is 22.7 Å². The second-order valence-electron chi connectivity index (χ2n) is 4.12. The van der Waals surface area contributed by atoms with Crippen LogP contribution in [0.25, 0.3) is 0 Å². The number of carbonyl (C=O) groups excluding carboxylic acids is 1. The minimum absolute atomic E-state index is 0.0227. The van der Waals surface area contributed by atoms with Crippen LogP contribution in [-0.2, 0) is 9.59 Å². The molecule has 1 N–H and O–H groups in total. The molecule has 1 rings (SSSR count). The van der Waals surface area contributed by atoms with E-state index >= 15 is 0 Å². The van der Waals surface area contributed by atoms with E-state index in [2.05, 4.69) is 15.9 Å². The van der Waals surface area contributed by atoms with Crippen LogP contribution in [0.3, 0.4) is 0 Å². The van der Waals surface area contributed by atoms with Gasteiger partial charge in [0.15, 0.2) is 6.04 Å². The quantitative estimate of drug-likeness (QED) is 0.902. The summed E-state index contributed by atoms with van der Waals surface area (Å²) in [6.07, 6.45) is 0.596. The molecule has 0 saturated carbocycles. The number of carbonyl (C=O) groups is 2. The Kier molecular flexibility index (Phi) is 5.47. The minimum Gasteiger partial charge on any atom is -0.479 e. The van der Waals surface area contributed by atoms with E-state index in [1.54, 1.807) is 0 Å². The van der Waals surface area contributed by atoms with Gasteiger partial charge in [0.2, 0.25) is 5.91 Å². The summed E-state index contributed by atoms with van der Waals surface area (Å²) in [6.45, 7) is 3.37. The molecular weight excluding hydrogens is 317 g/mol. The zero-order valence-corrected chi connectivity index (χ0v) is 12.3. The van der Waals surface area contributed by atoms with Gasteiger partial charge in [0.05, 0.1) is 0 Å². The van der Waals surface area contributed by atoms with Crippen molar-refractivity contribution in [2.24, 2.45) is 0 Å². The Labute approximate surface area is 119 Å². The number of halogens is 2. The predicted molar refractivity (Wildman–Crippen MR) is 72.2 cm³/mol. The lowest BCUT2D eigenvalue weighted by Gasteiger charge is -2.28. The molecule has 0 heterocycles. The van der Waals surface area contributed by atoms with Gasteiger partial charge in [0.25, 0.3) is 0 Å². The van der Waals surface area contributed by atoms with Crippen LogP contribution >= 0.6 is 15.9 Å². The zero-order valence-electron chi connectivity index (χ0n) is 10.7. The lowest BCUT2D eigenvalue weighted by molar-refractivity contribution is -0.150. The average molecular weight is 332 g/mol. The van der Waals surface area contributed by atoms with Gasteiger partial charge in [-0.05, 0) is 24.6 Å². The number of rotatable bonds is 5. The van der Waals surface area contributed by atoms with E-state index in [-0.39, 0.29) is 12.1 Å². The molecule has 1 atom stereocenters. The summed E-state index contributed by atoms with van der Waals surface area (Å²) in [5.74, 6) is -2.28. The normalized spacial score (nSPS) is 12.0. The van der Waals surface area contributed by atoms with Crippen molar-refractivity contribution in [3.63, 3.8) is 0 Å². The maximum Gasteiger partial charge on any atom is 0.331 e. The number of carboxylic acid groups (broad SMARTS) is 1. The minimum atomic E-state index is -1.31. The van der Waals surface area contributed by atoms with Crippen molar-refractivity contribution in [1.29, 1.82) is 0 Å². The van der Waals surface area contributed by atoms with E-state index in [0.717, 1.165) is 4.90 Å². The third-order valence-electron chi connectivity index (χ3n) is 2.67. The molecular formula is C13H15BrFNO3. The molecule has 4 nitrogen and oxygen atoms in total. The van der Waals surface area contributed by atoms with E-state index in [9.17, 15) is 19.1 Å². The van der Waals surface area contributed by atoms with E-state index in [1.807, 2.05) is 6.92 Å². The molecule has 0 radical (unpaired) electrons. The Hall–Kier alpha value is -1.43. The first-order chi connectivity index (χ1) is 8.88. The highest BCUT2D eigenvalue weighted by molar-refractivity contribution is 9.10. The fourth-order valence-corrected chi connectivity index (χ4v) is 2.25. The largest absolute Gasteiger partial charge is 0.479 e. The predicted octanol–water partition coefficient (Wildman–Crippen LogP) is 2.97. The van der Waals surface area contributed by atoms with E-state index in [1.165, 1.54) is 25.1 Å². The molecule has 0 aliphatic carbocycles. The third-order valence-corrected chi connectivity index (χ3v) is 3.16. The van der Waals surface area contributed by atoms with Crippen LogP contribution in [0, 0.1) is 5.82 Å². The highest BCUT2D eigenvalue weighted by Crippen LogP contribution is 2.27. The molecule has 104 valence electrons. The first-order valence-electron chi connectivity index (χ1n) is 5.83. The summed E-state index contributed by atoms with van der Waals surface area (Å²) in [5, 5.41) is 9.31. The van der Waals surface area contributed by atoms with Crippen LogP contribution in [-0.4, -0.2) is 28.4 Å². The van der Waals surface area contributed by atoms with Crippen molar-refractivity contribution in [2.45, 2.75) is 26.3 Å². The standard InChI is InChI=1S/C13H15BrFNO3/c1-3-6-16(8(2)17)12(13(18)19)10-7-9(14)4-5-11(10)15/h4-5,7,12H,3,6H2,1-2H3,(H,18,19). The van der Waals surface area contributed by atoms with E-state index < -0.39 is 23.7 Å². The fraction of sp³-hybridized carbons (Fsp3) is 0.385. The van der Waals surface area contributed by atoms with Gasteiger partial charge in [-0.25, -0.2) is 9.18 Å². The highest BCUT2D eigenvalue weighted by atomic mass is 79.9. The Morgan fingerprint density at radius 2 is 2.11 bits per heavy atom. The van der Waals surface area contributed by atoms with Gasteiger partial charge in [0.1, 0.15) is 5.82 Å². The van der Waals surface area contributed by atoms with Gasteiger partial charge < -0.3 is 10.0 Å². The molecule has 0 saturated heterocycles. The molecule has 0 fully saturated rings. The summed E-state index contributed by atoms with van der Waals surface area (Å²) >= 11 is 3.18. The van der Waals surface area contributed by atoms with Gasteiger partial charge >= 0.3 is 5.97 Å². The number of benzene rings is 1. The molecule has 1 amide bonds. The smallest absolute Gasteiger partial charge is 0.331 e. The summed E-state index contributed by atoms with van der Waals surface area (Å²) in [5.41, 5.74) is -0.0227. The number of carboxylic acids is 1. The number of nitrogens with zero attached hydrogens (tertiary/aromatic N) is 1. The molecule has 0 aliphatic rings. The van der Waals surface area contributed by atoms with Crippen LogP contribution < -0.4 is 0 Å². The summed E-state index contributed by atoms with van der Waals surface area (Å²) in [6, 6.07) is 2.74. The first kappa shape index (κ1) is 15.6. The Morgan fingerprint density at radius 1 is 1.47 bits per heavy atom. The van der Waals surface area contributed by atoms with Gasteiger partial charge in [-0.3, -0.25) is 4.79 Å². The lowest BCUT2D eigenvalue weighted by atomic mass is 10.0. The summed E-state index contributed by atoms with van der Waals surface area (Å²) < 4.78 is 14.4. The molecule has 1 unspecified atom stereocenters. The second kappa shape index (κ2) is 6.65. The molecule has 6 heteroatoms. The molecule has 1 aromatic carbocycles. The Balaban J connectivity index is 3.29. The monoisotopic (exact) mass is 331 g/mol. The first-order valence-corrected chi connectivity index (χ1v) is 6.62. The van der Waals surface area contributed by atoms with Crippen molar-refractivity contribution >= 4 is 27.8 Å². The molecule has 0 bridgehead atoms. The maximum atomic E-state index is 13.8. The number of hydrogen-bond donors (Lipinski definition) is 1. The van der Waals surface area contributed by atoms with Crippen molar-refractivity contribution in [1.82, 2.24) is 4.90 Å². The Morgan fingerprint density at radius 3 is 2.58 bits per heavy atom. The molecule has 0 spiro atoms. The van der Waals surface area contributed by atoms with Gasteiger partial charge in [-0.1, -0.05) is 22.9 Å². The topological polar surface area (TPSA) is 57.6 Å². The van der Waals surface area contributed by atoms with Crippen LogP contribution in [0.2, 0.25) is 0 Å². The fourth-order valence-electron chi connectivity index (χ4n) is 1.87. The van der Waals surface area contributed by atoms with Crippen LogP contribution in [0.4, 0.5) is 4.39 Å². The average Bonchev–Trinajstić information content (AvgIpc) is 2.32. The van der Waals surface area contributed by atoms with Crippen molar-refractivity contribution in [3.8, 4) is 0 Å². The highest BCUT2D eigenvalue weighted by Gasteiger charge is 2.31. The number of amides is 1. The second-order valence-corrected chi connectivity index (χ2v) is 5.03. The third kappa shape index (κ3) is 3.76. The van der Waals surface area contributed by atoms with Gasteiger partial charge in [-0.2, -0.15) is 0 Å². The Bertz CT molecular complexity index is 493. The number of hydrogen-bond acceptors (Lipinski definition) is 2. The van der Waals surface area contributed by atoms with Gasteiger partial charge in [0, 0.05) is 23.5 Å². The van der Waals surface area contributed by atoms with Crippen molar-refractivity contribution in [3.05, 3.63) is 34.1 Å². The van der Waals surface area contributed by atoms with Crippen LogP contribution in [0.5, 0.6) is 0 Å². The molecule has 0 aromatic heterocycles. The summed E-state index contributed by atoms with van der Waals surface area (Å²) in [4.78, 5) is 24.1. The van der Waals surface area contributed by atoms with E-state index in [0.29, 0.717) is 10.9 Å². The zero-order chi connectivity index (χ0) is 14.6. The number of aliphatic carboxylic acids is 1. The molecule has 1 aromatic rings. The van der Waals surface area contributed by atoms with Gasteiger partial charge in [-0.15, -0.1) is 0 Å². The molecule has 19 heavy (non-hydrogen) atoms. The SMILES string of the molecule is CCCN(C(C)=O)C(C(=O)O)c1cc(Br)ccc1F. The van der Waals surface area contributed by atoms with E-state index in [4.69, 9.17) is 0 Å². The maximum absolute atomic E-state index is 13.8.